The molecule has 12 heteroatoms. The molecule has 2 N–H and O–H groups in total. The van der Waals surface area contributed by atoms with Gasteiger partial charge in [0.15, 0.2) is 11.6 Å². The summed E-state index contributed by atoms with van der Waals surface area (Å²) in [6.45, 7) is 6.29. The van der Waals surface area contributed by atoms with Crippen molar-refractivity contribution in [2.24, 2.45) is 14.1 Å². The van der Waals surface area contributed by atoms with E-state index >= 15 is 0 Å². The molecule has 4 rings (SSSR count). The average Bonchev–Trinajstić information content (AvgIpc) is 3.49. The quantitative estimate of drug-likeness (QED) is 0.335. The van der Waals surface area contributed by atoms with Crippen LogP contribution in [0.25, 0.3) is 22.8 Å². The van der Waals surface area contributed by atoms with Gasteiger partial charge >= 0.3 is 6.03 Å². The van der Waals surface area contributed by atoms with Crippen LogP contribution in [0.4, 0.5) is 10.5 Å². The van der Waals surface area contributed by atoms with E-state index in [2.05, 4.69) is 85.7 Å². The first-order chi connectivity index (χ1) is 17.8. The summed E-state index contributed by atoms with van der Waals surface area (Å²) in [6.07, 6.45) is 3.98. The summed E-state index contributed by atoms with van der Waals surface area (Å²) < 4.78 is 3.11. The van der Waals surface area contributed by atoms with Crippen LogP contribution in [0.5, 0.6) is 0 Å². The molecule has 0 aliphatic carbocycles. The zero-order valence-electron chi connectivity index (χ0n) is 21.7. The van der Waals surface area contributed by atoms with Crippen molar-refractivity contribution < 1.29 is 4.79 Å². The van der Waals surface area contributed by atoms with Crippen LogP contribution < -0.4 is 10.6 Å². The first-order valence-electron chi connectivity index (χ1n) is 11.8. The van der Waals surface area contributed by atoms with Crippen molar-refractivity contribution in [3.63, 3.8) is 0 Å². The Hall–Kier alpha value is -4.45. The number of anilines is 1. The third-order valence-corrected chi connectivity index (χ3v) is 5.94. The van der Waals surface area contributed by atoms with E-state index in [0.29, 0.717) is 23.9 Å². The van der Waals surface area contributed by atoms with E-state index in [4.69, 9.17) is 0 Å². The summed E-state index contributed by atoms with van der Waals surface area (Å²) in [6, 6.07) is 11.7. The zero-order valence-corrected chi connectivity index (χ0v) is 21.7. The van der Waals surface area contributed by atoms with Gasteiger partial charge in [-0.2, -0.15) is 0 Å². The van der Waals surface area contributed by atoms with Crippen LogP contribution in [0.1, 0.15) is 16.7 Å². The number of aryl methyl sites for hydroxylation is 4. The molecule has 0 saturated carbocycles. The summed E-state index contributed by atoms with van der Waals surface area (Å²) in [5.41, 5.74) is 5.89. The first-order valence-corrected chi connectivity index (χ1v) is 11.8. The summed E-state index contributed by atoms with van der Waals surface area (Å²) >= 11 is 0. The van der Waals surface area contributed by atoms with E-state index in [-0.39, 0.29) is 6.03 Å². The number of benzene rings is 2. The van der Waals surface area contributed by atoms with Crippen molar-refractivity contribution in [2.45, 2.75) is 20.4 Å². The van der Waals surface area contributed by atoms with Crippen LogP contribution in [-0.4, -0.2) is 71.5 Å². The lowest BCUT2D eigenvalue weighted by molar-refractivity contribution is 0.253. The van der Waals surface area contributed by atoms with Crippen LogP contribution in [0.2, 0.25) is 0 Å². The Kier molecular flexibility index (Phi) is 7.98. The third kappa shape index (κ3) is 6.61. The molecule has 0 saturated heterocycles. The maximum absolute atomic E-state index is 12.6. The standard InChI is InChI=1S/C25H31N11O/c1-17-8-9-19(12-18(17)2)16-34(3)11-7-6-10-26-25(37)27-22-14-20(23-28-30-32-35(23)4)13-21(15-22)24-29-31-33-36(24)5/h6-9,12-15H,10-11,16H2,1-5H3,(H2,26,27,37)/b7-6+. The summed E-state index contributed by atoms with van der Waals surface area (Å²) in [5, 5.41) is 29.1. The van der Waals surface area contributed by atoms with Gasteiger partial charge in [-0.3, -0.25) is 4.90 Å². The molecule has 192 valence electrons. The van der Waals surface area contributed by atoms with Gasteiger partial charge in [-0.05, 0) is 76.6 Å². The molecular weight excluding hydrogens is 470 g/mol. The normalized spacial score (nSPS) is 11.4. The van der Waals surface area contributed by atoms with Crippen LogP contribution in [0.3, 0.4) is 0 Å². The molecule has 2 aromatic heterocycles. The van der Waals surface area contributed by atoms with E-state index in [1.54, 1.807) is 35.6 Å². The second kappa shape index (κ2) is 11.5. The molecule has 12 nitrogen and oxygen atoms in total. The molecule has 0 aliphatic heterocycles. The van der Waals surface area contributed by atoms with Crippen molar-refractivity contribution in [3.8, 4) is 22.8 Å². The number of hydrogen-bond acceptors (Lipinski definition) is 8. The van der Waals surface area contributed by atoms with E-state index < -0.39 is 0 Å². The number of nitrogens with zero attached hydrogens (tertiary/aromatic N) is 9. The Labute approximate surface area is 215 Å². The smallest absolute Gasteiger partial charge is 0.319 e. The molecule has 2 amide bonds. The van der Waals surface area contributed by atoms with Gasteiger partial charge in [0.25, 0.3) is 0 Å². The van der Waals surface area contributed by atoms with Gasteiger partial charge in [-0.15, -0.1) is 10.2 Å². The highest BCUT2D eigenvalue weighted by molar-refractivity contribution is 5.91. The fourth-order valence-electron chi connectivity index (χ4n) is 3.85. The molecule has 0 spiro atoms. The number of nitrogens with one attached hydrogen (secondary N) is 2. The van der Waals surface area contributed by atoms with Crippen molar-refractivity contribution in [3.05, 3.63) is 65.2 Å². The summed E-state index contributed by atoms with van der Waals surface area (Å²) in [7, 11) is 5.57. The highest BCUT2D eigenvalue weighted by Crippen LogP contribution is 2.27. The molecule has 4 aromatic rings. The topological polar surface area (TPSA) is 132 Å². The number of urea groups is 1. The number of rotatable bonds is 9. The number of tetrazole rings is 2. The predicted molar refractivity (Wildman–Crippen MR) is 140 cm³/mol. The molecule has 0 unspecified atom stereocenters. The number of amides is 2. The highest BCUT2D eigenvalue weighted by atomic mass is 16.2. The van der Waals surface area contributed by atoms with Crippen LogP contribution >= 0.6 is 0 Å². The lowest BCUT2D eigenvalue weighted by atomic mass is 10.1. The van der Waals surface area contributed by atoms with Gasteiger partial charge < -0.3 is 10.6 Å². The van der Waals surface area contributed by atoms with Crippen LogP contribution in [-0.2, 0) is 20.6 Å². The van der Waals surface area contributed by atoms with E-state index in [1.807, 2.05) is 18.2 Å². The minimum Gasteiger partial charge on any atom is -0.334 e. The van der Waals surface area contributed by atoms with Crippen molar-refractivity contribution in [1.29, 1.82) is 0 Å². The van der Waals surface area contributed by atoms with Crippen molar-refractivity contribution in [2.75, 3.05) is 25.5 Å². The van der Waals surface area contributed by atoms with E-state index in [1.165, 1.54) is 16.7 Å². The van der Waals surface area contributed by atoms with Gasteiger partial charge in [0.1, 0.15) is 0 Å². The number of hydrogen-bond donors (Lipinski definition) is 2. The van der Waals surface area contributed by atoms with Crippen LogP contribution in [0, 0.1) is 13.8 Å². The highest BCUT2D eigenvalue weighted by Gasteiger charge is 2.14. The molecule has 0 radical (unpaired) electrons. The monoisotopic (exact) mass is 501 g/mol. The van der Waals surface area contributed by atoms with E-state index in [9.17, 15) is 4.79 Å². The van der Waals surface area contributed by atoms with Gasteiger partial charge in [0.2, 0.25) is 0 Å². The zero-order chi connectivity index (χ0) is 26.4. The predicted octanol–water partition coefficient (Wildman–Crippen LogP) is 2.49. The Bertz CT molecular complexity index is 1350. The van der Waals surface area contributed by atoms with Gasteiger partial charge in [0, 0.05) is 50.5 Å². The molecule has 0 aliphatic rings. The number of carbonyl (C=O) groups is 1. The minimum atomic E-state index is -0.330. The molecule has 0 bridgehead atoms. The molecule has 2 heterocycles. The van der Waals surface area contributed by atoms with E-state index in [0.717, 1.165) is 24.2 Å². The van der Waals surface area contributed by atoms with Gasteiger partial charge in [-0.1, -0.05) is 30.4 Å². The Balaban J connectivity index is 1.34. The number of carbonyl (C=O) groups excluding carboxylic acids is 1. The second-order valence-corrected chi connectivity index (χ2v) is 8.97. The minimum absolute atomic E-state index is 0.330. The molecule has 0 atom stereocenters. The van der Waals surface area contributed by atoms with Gasteiger partial charge in [-0.25, -0.2) is 14.2 Å². The lowest BCUT2D eigenvalue weighted by Crippen LogP contribution is -2.29. The largest absolute Gasteiger partial charge is 0.334 e. The maximum Gasteiger partial charge on any atom is 0.319 e. The SMILES string of the molecule is Cc1ccc(CN(C)C/C=C/CNC(=O)Nc2cc(-c3nnnn3C)cc(-c3nnnn3C)c2)cc1C. The summed E-state index contributed by atoms with van der Waals surface area (Å²) in [4.78, 5) is 14.8. The van der Waals surface area contributed by atoms with Crippen LogP contribution in [0.15, 0.2) is 48.6 Å². The molecule has 2 aromatic carbocycles. The Morgan fingerprint density at radius 2 is 1.57 bits per heavy atom. The molecule has 0 fully saturated rings. The Morgan fingerprint density at radius 1 is 0.919 bits per heavy atom. The summed E-state index contributed by atoms with van der Waals surface area (Å²) in [5.74, 6) is 1.10. The number of likely N-dealkylation sites (N-methyl/N-ethyl adjacent to an activating group) is 1. The molecular formula is C25H31N11O. The second-order valence-electron chi connectivity index (χ2n) is 8.97. The lowest BCUT2D eigenvalue weighted by Gasteiger charge is -2.15. The maximum atomic E-state index is 12.6. The fourth-order valence-corrected chi connectivity index (χ4v) is 3.85. The fraction of sp³-hybridized carbons (Fsp3) is 0.320. The average molecular weight is 502 g/mol. The van der Waals surface area contributed by atoms with Crippen molar-refractivity contribution >= 4 is 11.7 Å². The van der Waals surface area contributed by atoms with Crippen molar-refractivity contribution in [1.82, 2.24) is 50.6 Å². The molecule has 37 heavy (non-hydrogen) atoms. The third-order valence-electron chi connectivity index (χ3n) is 5.94. The van der Waals surface area contributed by atoms with Gasteiger partial charge in [0.05, 0.1) is 0 Å². The first kappa shape index (κ1) is 25.6. The Morgan fingerprint density at radius 3 is 2.14 bits per heavy atom. The number of aromatic nitrogens is 8.